The predicted octanol–water partition coefficient (Wildman–Crippen LogP) is 6.47. The number of aromatic amines is 1. The van der Waals surface area contributed by atoms with Gasteiger partial charge < -0.3 is 9.51 Å². The van der Waals surface area contributed by atoms with Crippen LogP contribution in [0.2, 0.25) is 0 Å². The molecule has 0 unspecified atom stereocenters. The number of aryl methyl sites for hydroxylation is 2. The van der Waals surface area contributed by atoms with Crippen molar-refractivity contribution in [1.29, 1.82) is 0 Å². The fourth-order valence-corrected chi connectivity index (χ4v) is 4.48. The highest BCUT2D eigenvalue weighted by Gasteiger charge is 2.28. The van der Waals surface area contributed by atoms with E-state index in [2.05, 4.69) is 22.3 Å². The van der Waals surface area contributed by atoms with Gasteiger partial charge in [0.25, 0.3) is 0 Å². The molecule has 4 nitrogen and oxygen atoms in total. The number of hydrogen-bond donors (Lipinski definition) is 1. The summed E-state index contributed by atoms with van der Waals surface area (Å²) < 4.78 is 5.41. The molecule has 0 radical (unpaired) electrons. The van der Waals surface area contributed by atoms with E-state index >= 15 is 0 Å². The number of nitrogens with one attached hydrogen (secondary N) is 1. The summed E-state index contributed by atoms with van der Waals surface area (Å²) in [4.78, 5) is 8.59. The number of benzene rings is 1. The maximum atomic E-state index is 5.41. The lowest BCUT2D eigenvalue weighted by molar-refractivity contribution is 0.393. The van der Waals surface area contributed by atoms with Crippen molar-refractivity contribution in [3.05, 3.63) is 35.0 Å². The summed E-state index contributed by atoms with van der Waals surface area (Å²) in [5.74, 6) is 3.53. The van der Waals surface area contributed by atoms with Crippen LogP contribution in [0.1, 0.15) is 81.1 Å². The van der Waals surface area contributed by atoms with Gasteiger partial charge in [-0.2, -0.15) is 0 Å². The molecule has 2 fully saturated rings. The minimum absolute atomic E-state index is 0.647. The van der Waals surface area contributed by atoms with Crippen molar-refractivity contribution in [3.8, 4) is 11.1 Å². The Morgan fingerprint density at radius 3 is 2.44 bits per heavy atom. The van der Waals surface area contributed by atoms with E-state index in [-0.39, 0.29) is 0 Å². The number of nitrogens with zero attached hydrogens (tertiary/aromatic N) is 2. The van der Waals surface area contributed by atoms with Gasteiger partial charge in [0, 0.05) is 11.5 Å². The van der Waals surface area contributed by atoms with Gasteiger partial charge in [0.2, 0.25) is 0 Å². The normalized spacial score (nSPS) is 17.3. The predicted molar refractivity (Wildman–Crippen MR) is 110 cm³/mol. The molecule has 144 valence electrons. The standard InChI is InChI=1S/C21H25N3O.C2H6/c1-12-19(13(2)25-24-12)16-10-17(9-14-5-3-4-6-14)20-18(11-16)22-21(23-20)15-7-8-15;1-2/h10-11,14-15H,3-9H2,1-2H3,(H,22,23);1-2H3. The largest absolute Gasteiger partial charge is 0.361 e. The van der Waals surface area contributed by atoms with Crippen molar-refractivity contribution in [2.24, 2.45) is 5.92 Å². The highest BCUT2D eigenvalue weighted by Crippen LogP contribution is 2.41. The summed E-state index contributed by atoms with van der Waals surface area (Å²) in [5.41, 5.74) is 7.06. The quantitative estimate of drug-likeness (QED) is 0.576. The zero-order valence-corrected chi connectivity index (χ0v) is 17.1. The molecule has 0 saturated heterocycles. The summed E-state index contributed by atoms with van der Waals surface area (Å²) >= 11 is 0. The average Bonchev–Trinajstić information content (AvgIpc) is 3.07. The summed E-state index contributed by atoms with van der Waals surface area (Å²) in [5, 5.41) is 4.15. The summed E-state index contributed by atoms with van der Waals surface area (Å²) in [6, 6.07) is 4.57. The molecular weight excluding hydrogens is 334 g/mol. The van der Waals surface area contributed by atoms with Gasteiger partial charge in [-0.15, -0.1) is 0 Å². The summed E-state index contributed by atoms with van der Waals surface area (Å²) in [6.07, 6.45) is 9.16. The molecule has 2 aliphatic carbocycles. The SMILES string of the molecule is CC.Cc1noc(C)c1-c1cc(CC2CCCC2)c2nc(C3CC3)[nH]c2c1. The average molecular weight is 366 g/mol. The van der Waals surface area contributed by atoms with E-state index in [1.807, 2.05) is 27.7 Å². The molecule has 2 saturated carbocycles. The summed E-state index contributed by atoms with van der Waals surface area (Å²) in [7, 11) is 0. The number of aromatic nitrogens is 3. The van der Waals surface area contributed by atoms with Gasteiger partial charge in [-0.3, -0.25) is 0 Å². The van der Waals surface area contributed by atoms with Crippen molar-refractivity contribution >= 4 is 11.0 Å². The van der Waals surface area contributed by atoms with E-state index in [0.29, 0.717) is 5.92 Å². The van der Waals surface area contributed by atoms with Crippen molar-refractivity contribution < 1.29 is 4.52 Å². The molecule has 0 amide bonds. The molecule has 2 heterocycles. The number of imidazole rings is 1. The highest BCUT2D eigenvalue weighted by atomic mass is 16.5. The van der Waals surface area contributed by atoms with Gasteiger partial charge in [-0.1, -0.05) is 44.7 Å². The third-order valence-corrected chi connectivity index (χ3v) is 5.95. The lowest BCUT2D eigenvalue weighted by Crippen LogP contribution is -2.00. The van der Waals surface area contributed by atoms with Gasteiger partial charge in [0.1, 0.15) is 11.6 Å². The first-order valence-corrected chi connectivity index (χ1v) is 10.6. The number of H-pyrrole nitrogens is 1. The van der Waals surface area contributed by atoms with E-state index in [0.717, 1.165) is 29.4 Å². The first-order chi connectivity index (χ1) is 13.2. The molecule has 0 atom stereocenters. The molecular formula is C23H31N3O. The Morgan fingerprint density at radius 1 is 1.07 bits per heavy atom. The Morgan fingerprint density at radius 2 is 1.81 bits per heavy atom. The molecule has 0 aliphatic heterocycles. The van der Waals surface area contributed by atoms with Gasteiger partial charge in [0.05, 0.1) is 16.7 Å². The van der Waals surface area contributed by atoms with Crippen LogP contribution >= 0.6 is 0 Å². The lowest BCUT2D eigenvalue weighted by Gasteiger charge is -2.11. The Hall–Kier alpha value is -2.10. The highest BCUT2D eigenvalue weighted by molar-refractivity contribution is 5.86. The van der Waals surface area contributed by atoms with E-state index in [4.69, 9.17) is 9.51 Å². The second-order valence-electron chi connectivity index (χ2n) is 7.98. The summed E-state index contributed by atoms with van der Waals surface area (Å²) in [6.45, 7) is 8.02. The van der Waals surface area contributed by atoms with Crippen molar-refractivity contribution in [3.63, 3.8) is 0 Å². The van der Waals surface area contributed by atoms with Crippen LogP contribution in [0, 0.1) is 19.8 Å². The van der Waals surface area contributed by atoms with Crippen LogP contribution < -0.4 is 0 Å². The molecule has 2 aliphatic rings. The van der Waals surface area contributed by atoms with Gasteiger partial charge in [0.15, 0.2) is 0 Å². The number of hydrogen-bond acceptors (Lipinski definition) is 3. The van der Waals surface area contributed by atoms with Crippen LogP contribution in [0.15, 0.2) is 16.7 Å². The van der Waals surface area contributed by atoms with E-state index < -0.39 is 0 Å². The Kier molecular flexibility index (Phi) is 5.07. The molecule has 0 bridgehead atoms. The lowest BCUT2D eigenvalue weighted by atomic mass is 9.93. The van der Waals surface area contributed by atoms with Crippen molar-refractivity contribution in [1.82, 2.24) is 15.1 Å². The van der Waals surface area contributed by atoms with Crippen LogP contribution in [0.3, 0.4) is 0 Å². The van der Waals surface area contributed by atoms with Gasteiger partial charge in [-0.05, 0) is 62.3 Å². The number of fused-ring (bicyclic) bond motifs is 1. The van der Waals surface area contributed by atoms with Crippen LogP contribution in [0.5, 0.6) is 0 Å². The number of rotatable bonds is 4. The Bertz CT molecular complexity index is 907. The van der Waals surface area contributed by atoms with Gasteiger partial charge >= 0.3 is 0 Å². The molecule has 1 aromatic carbocycles. The molecule has 0 spiro atoms. The second-order valence-corrected chi connectivity index (χ2v) is 7.98. The fraction of sp³-hybridized carbons (Fsp3) is 0.565. The van der Waals surface area contributed by atoms with E-state index in [1.165, 1.54) is 66.5 Å². The second kappa shape index (κ2) is 7.49. The molecule has 4 heteroatoms. The maximum absolute atomic E-state index is 5.41. The minimum atomic E-state index is 0.647. The maximum Gasteiger partial charge on any atom is 0.141 e. The van der Waals surface area contributed by atoms with E-state index in [9.17, 15) is 0 Å². The monoisotopic (exact) mass is 365 g/mol. The smallest absolute Gasteiger partial charge is 0.141 e. The molecule has 2 aromatic heterocycles. The Labute approximate surface area is 161 Å². The molecule has 5 rings (SSSR count). The van der Waals surface area contributed by atoms with E-state index in [1.54, 1.807) is 0 Å². The Balaban J connectivity index is 0.000000872. The third kappa shape index (κ3) is 3.54. The fourth-order valence-electron chi connectivity index (χ4n) is 4.48. The topological polar surface area (TPSA) is 54.7 Å². The van der Waals surface area contributed by atoms with Crippen LogP contribution in [0.4, 0.5) is 0 Å². The first kappa shape index (κ1) is 18.3. The first-order valence-electron chi connectivity index (χ1n) is 10.6. The molecule has 3 aromatic rings. The minimum Gasteiger partial charge on any atom is -0.361 e. The zero-order chi connectivity index (χ0) is 19.0. The zero-order valence-electron chi connectivity index (χ0n) is 17.1. The van der Waals surface area contributed by atoms with Crippen molar-refractivity contribution in [2.45, 2.75) is 78.6 Å². The van der Waals surface area contributed by atoms with Crippen LogP contribution in [-0.4, -0.2) is 15.1 Å². The van der Waals surface area contributed by atoms with Crippen molar-refractivity contribution in [2.75, 3.05) is 0 Å². The van der Waals surface area contributed by atoms with Crippen LogP contribution in [0.25, 0.3) is 22.2 Å². The van der Waals surface area contributed by atoms with Gasteiger partial charge in [-0.25, -0.2) is 4.98 Å². The molecule has 1 N–H and O–H groups in total. The third-order valence-electron chi connectivity index (χ3n) is 5.95. The molecule has 27 heavy (non-hydrogen) atoms. The van der Waals surface area contributed by atoms with Crippen LogP contribution in [-0.2, 0) is 6.42 Å².